The van der Waals surface area contributed by atoms with Gasteiger partial charge in [-0.15, -0.1) is 0 Å². The monoisotopic (exact) mass is 441 g/mol. The Hall–Kier alpha value is -2.55. The fourth-order valence-electron chi connectivity index (χ4n) is 2.95. The van der Waals surface area contributed by atoms with Gasteiger partial charge in [0.05, 0.1) is 5.56 Å². The number of nitrogens with zero attached hydrogens (tertiary/aromatic N) is 1. The molecule has 162 valence electrons. The number of hydrogen-bond donors (Lipinski definition) is 0. The van der Waals surface area contributed by atoms with E-state index in [0.29, 0.717) is 12.6 Å². The van der Waals surface area contributed by atoms with E-state index in [0.717, 1.165) is 36.6 Å². The third kappa shape index (κ3) is 5.33. The van der Waals surface area contributed by atoms with Gasteiger partial charge in [-0.1, -0.05) is 32.0 Å². The van der Waals surface area contributed by atoms with Crippen LogP contribution < -0.4 is 4.18 Å². The standard InChI is InChI=1S/C21H22F3NO4S/c1-14(2)20(26)25(17-8-9-17)13-15-6-10-18(11-7-15)29-30(27,28)19-5-3-4-16(12-19)21(22,23)24/h3-7,10-12,14,17H,8-9,13H2,1-2H3. The Bertz CT molecular complexity index is 1010. The smallest absolute Gasteiger partial charge is 0.379 e. The van der Waals surface area contributed by atoms with Crippen LogP contribution in [0.2, 0.25) is 0 Å². The van der Waals surface area contributed by atoms with Gasteiger partial charge in [-0.2, -0.15) is 21.6 Å². The van der Waals surface area contributed by atoms with Crippen molar-refractivity contribution in [1.29, 1.82) is 0 Å². The molecule has 0 aliphatic heterocycles. The number of carbonyl (C=O) groups excluding carboxylic acids is 1. The van der Waals surface area contributed by atoms with E-state index in [2.05, 4.69) is 0 Å². The largest absolute Gasteiger partial charge is 0.416 e. The van der Waals surface area contributed by atoms with Crippen LogP contribution in [0.15, 0.2) is 53.4 Å². The first-order chi connectivity index (χ1) is 14.0. The molecular weight excluding hydrogens is 419 g/mol. The highest BCUT2D eigenvalue weighted by atomic mass is 32.2. The van der Waals surface area contributed by atoms with Crippen molar-refractivity contribution in [3.8, 4) is 5.75 Å². The highest BCUT2D eigenvalue weighted by molar-refractivity contribution is 7.87. The summed E-state index contributed by atoms with van der Waals surface area (Å²) < 4.78 is 68.2. The number of benzene rings is 2. The highest BCUT2D eigenvalue weighted by Crippen LogP contribution is 2.32. The Kier molecular flexibility index (Phi) is 6.12. The molecule has 1 aliphatic carbocycles. The molecule has 0 radical (unpaired) electrons. The predicted molar refractivity (Wildman–Crippen MR) is 104 cm³/mol. The van der Waals surface area contributed by atoms with Gasteiger partial charge in [0.1, 0.15) is 10.6 Å². The van der Waals surface area contributed by atoms with Crippen LogP contribution in [0.5, 0.6) is 5.75 Å². The second-order valence-electron chi connectivity index (χ2n) is 7.56. The summed E-state index contributed by atoms with van der Waals surface area (Å²) in [7, 11) is -4.42. The van der Waals surface area contributed by atoms with Crippen molar-refractivity contribution < 1.29 is 30.6 Å². The molecule has 2 aromatic carbocycles. The molecule has 1 amide bonds. The van der Waals surface area contributed by atoms with E-state index in [1.807, 2.05) is 18.7 Å². The molecule has 2 aromatic rings. The maximum absolute atomic E-state index is 12.8. The molecule has 9 heteroatoms. The lowest BCUT2D eigenvalue weighted by Crippen LogP contribution is -2.35. The number of halogens is 3. The summed E-state index contributed by atoms with van der Waals surface area (Å²) in [6.45, 7) is 4.09. The molecule has 0 saturated heterocycles. The summed E-state index contributed by atoms with van der Waals surface area (Å²) in [4.78, 5) is 13.6. The van der Waals surface area contributed by atoms with Gasteiger partial charge in [0.2, 0.25) is 5.91 Å². The molecule has 0 unspecified atom stereocenters. The molecule has 1 aliphatic rings. The maximum atomic E-state index is 12.8. The number of amides is 1. The van der Waals surface area contributed by atoms with Gasteiger partial charge in [0.15, 0.2) is 0 Å². The Balaban J connectivity index is 1.73. The zero-order chi connectivity index (χ0) is 22.1. The highest BCUT2D eigenvalue weighted by Gasteiger charge is 2.34. The third-order valence-electron chi connectivity index (χ3n) is 4.70. The van der Waals surface area contributed by atoms with E-state index in [1.54, 1.807) is 12.1 Å². The Labute approximate surface area is 173 Å². The van der Waals surface area contributed by atoms with E-state index in [1.165, 1.54) is 12.1 Å². The minimum Gasteiger partial charge on any atom is -0.379 e. The molecule has 0 atom stereocenters. The maximum Gasteiger partial charge on any atom is 0.416 e. The molecule has 3 rings (SSSR count). The van der Waals surface area contributed by atoms with E-state index >= 15 is 0 Å². The van der Waals surface area contributed by atoms with E-state index in [9.17, 15) is 26.4 Å². The van der Waals surface area contributed by atoms with Gasteiger partial charge in [-0.05, 0) is 48.7 Å². The Morgan fingerprint density at radius 3 is 2.30 bits per heavy atom. The van der Waals surface area contributed by atoms with Crippen LogP contribution in [0.1, 0.15) is 37.8 Å². The lowest BCUT2D eigenvalue weighted by atomic mass is 10.1. The van der Waals surface area contributed by atoms with Crippen LogP contribution >= 0.6 is 0 Å². The molecule has 1 fully saturated rings. The van der Waals surface area contributed by atoms with Gasteiger partial charge in [-0.3, -0.25) is 4.79 Å². The van der Waals surface area contributed by atoms with E-state index in [4.69, 9.17) is 4.18 Å². The zero-order valence-corrected chi connectivity index (χ0v) is 17.3. The second kappa shape index (κ2) is 8.29. The average molecular weight is 441 g/mol. The minimum atomic E-state index is -4.66. The average Bonchev–Trinajstić information content (AvgIpc) is 3.51. The van der Waals surface area contributed by atoms with Crippen LogP contribution in [0, 0.1) is 5.92 Å². The van der Waals surface area contributed by atoms with Gasteiger partial charge in [-0.25, -0.2) is 0 Å². The van der Waals surface area contributed by atoms with Crippen molar-refractivity contribution in [2.45, 2.75) is 50.3 Å². The normalized spacial score (nSPS) is 14.6. The number of rotatable bonds is 7. The fourth-order valence-corrected chi connectivity index (χ4v) is 3.93. The van der Waals surface area contributed by atoms with Crippen LogP contribution in [-0.2, 0) is 27.6 Å². The summed E-state index contributed by atoms with van der Waals surface area (Å²) in [6, 6.07) is 9.74. The first-order valence-electron chi connectivity index (χ1n) is 9.48. The van der Waals surface area contributed by atoms with Gasteiger partial charge < -0.3 is 9.08 Å². The number of hydrogen-bond acceptors (Lipinski definition) is 4. The van der Waals surface area contributed by atoms with Gasteiger partial charge in [0, 0.05) is 18.5 Å². The van der Waals surface area contributed by atoms with Crippen LogP contribution in [-0.4, -0.2) is 25.3 Å². The number of carbonyl (C=O) groups is 1. The summed E-state index contributed by atoms with van der Waals surface area (Å²) >= 11 is 0. The summed E-state index contributed by atoms with van der Waals surface area (Å²) in [5.74, 6) is -0.0833. The van der Waals surface area contributed by atoms with Crippen molar-refractivity contribution in [2.75, 3.05) is 0 Å². The molecule has 0 aromatic heterocycles. The van der Waals surface area contributed by atoms with Crippen molar-refractivity contribution >= 4 is 16.0 Å². The third-order valence-corrected chi connectivity index (χ3v) is 5.94. The molecule has 0 bridgehead atoms. The van der Waals surface area contributed by atoms with Crippen molar-refractivity contribution in [2.24, 2.45) is 5.92 Å². The molecule has 5 nitrogen and oxygen atoms in total. The van der Waals surface area contributed by atoms with Crippen molar-refractivity contribution in [3.63, 3.8) is 0 Å². The zero-order valence-electron chi connectivity index (χ0n) is 16.5. The molecule has 30 heavy (non-hydrogen) atoms. The van der Waals surface area contributed by atoms with E-state index < -0.39 is 26.8 Å². The topological polar surface area (TPSA) is 63.7 Å². The van der Waals surface area contributed by atoms with Crippen LogP contribution in [0.25, 0.3) is 0 Å². The van der Waals surface area contributed by atoms with Crippen LogP contribution in [0.4, 0.5) is 13.2 Å². The predicted octanol–water partition coefficient (Wildman–Crippen LogP) is 4.62. The van der Waals surface area contributed by atoms with Gasteiger partial charge in [0.25, 0.3) is 0 Å². The second-order valence-corrected chi connectivity index (χ2v) is 9.11. The Morgan fingerprint density at radius 1 is 1.13 bits per heavy atom. The molecule has 0 heterocycles. The fraction of sp³-hybridized carbons (Fsp3) is 0.381. The molecule has 0 N–H and O–H groups in total. The lowest BCUT2D eigenvalue weighted by molar-refractivity contribution is -0.138. The molecular formula is C21H22F3NO4S. The summed E-state index contributed by atoms with van der Waals surface area (Å²) in [6.07, 6.45) is -2.72. The first-order valence-corrected chi connectivity index (χ1v) is 10.9. The Morgan fingerprint density at radius 2 is 1.77 bits per heavy atom. The minimum absolute atomic E-state index is 0.0238. The quantitative estimate of drug-likeness (QED) is 0.588. The van der Waals surface area contributed by atoms with Crippen molar-refractivity contribution in [3.05, 3.63) is 59.7 Å². The van der Waals surface area contributed by atoms with Crippen molar-refractivity contribution in [1.82, 2.24) is 4.90 Å². The van der Waals surface area contributed by atoms with E-state index in [-0.39, 0.29) is 23.6 Å². The first kappa shape index (κ1) is 22.1. The molecule has 0 spiro atoms. The van der Waals surface area contributed by atoms with Gasteiger partial charge >= 0.3 is 16.3 Å². The summed E-state index contributed by atoms with van der Waals surface area (Å²) in [5.41, 5.74) is -0.266. The SMILES string of the molecule is CC(C)C(=O)N(Cc1ccc(OS(=O)(=O)c2cccc(C(F)(F)F)c2)cc1)C1CC1. The number of alkyl halides is 3. The molecule has 1 saturated carbocycles. The summed E-state index contributed by atoms with van der Waals surface area (Å²) in [5, 5.41) is 0. The van der Waals surface area contributed by atoms with Crippen LogP contribution in [0.3, 0.4) is 0 Å². The lowest BCUT2D eigenvalue weighted by Gasteiger charge is -2.24.